The summed E-state index contributed by atoms with van der Waals surface area (Å²) in [6, 6.07) is 7.36. The predicted molar refractivity (Wildman–Crippen MR) is 103 cm³/mol. The number of urea groups is 1. The summed E-state index contributed by atoms with van der Waals surface area (Å²) in [7, 11) is 0. The molecule has 2 N–H and O–H groups in total. The molecule has 7 nitrogen and oxygen atoms in total. The van der Waals surface area contributed by atoms with Crippen molar-refractivity contribution in [3.63, 3.8) is 0 Å². The molecule has 1 aromatic carbocycles. The average Bonchev–Trinajstić information content (AvgIpc) is 3.19. The number of hydrogen-bond donors (Lipinski definition) is 2. The molecule has 136 valence electrons. The van der Waals surface area contributed by atoms with E-state index < -0.39 is 0 Å². The Morgan fingerprint density at radius 3 is 2.88 bits per heavy atom. The number of rotatable bonds is 8. The van der Waals surface area contributed by atoms with Crippen LogP contribution in [0.3, 0.4) is 0 Å². The van der Waals surface area contributed by atoms with Gasteiger partial charge in [0.15, 0.2) is 10.8 Å². The summed E-state index contributed by atoms with van der Waals surface area (Å²) in [5.74, 6) is 1.10. The van der Waals surface area contributed by atoms with Gasteiger partial charge < -0.3 is 10.6 Å². The zero-order chi connectivity index (χ0) is 18.4. The van der Waals surface area contributed by atoms with Crippen molar-refractivity contribution in [3.05, 3.63) is 34.8 Å². The Labute approximate surface area is 156 Å². The van der Waals surface area contributed by atoms with Crippen LogP contribution >= 0.6 is 11.8 Å². The summed E-state index contributed by atoms with van der Waals surface area (Å²) >= 11 is 1.90. The van der Waals surface area contributed by atoms with Gasteiger partial charge in [0.25, 0.3) is 0 Å². The highest BCUT2D eigenvalue weighted by molar-refractivity contribution is 8.00. The first-order valence-electron chi connectivity index (χ1n) is 8.81. The number of nitrogens with one attached hydrogen (secondary N) is 2. The van der Waals surface area contributed by atoms with E-state index in [1.165, 1.54) is 0 Å². The fraction of sp³-hybridized carbons (Fsp3) is 0.500. The van der Waals surface area contributed by atoms with E-state index in [4.69, 9.17) is 5.39 Å². The monoisotopic (exact) mass is 372 g/mol. The van der Waals surface area contributed by atoms with Crippen LogP contribution in [0.1, 0.15) is 31.2 Å². The molecule has 0 spiro atoms. The van der Waals surface area contributed by atoms with E-state index in [9.17, 15) is 9.59 Å². The van der Waals surface area contributed by atoms with Gasteiger partial charge in [-0.3, -0.25) is 9.79 Å². The summed E-state index contributed by atoms with van der Waals surface area (Å²) in [4.78, 5) is 30.5. The van der Waals surface area contributed by atoms with Crippen molar-refractivity contribution < 1.29 is 9.59 Å². The first-order chi connectivity index (χ1) is 12.7. The lowest BCUT2D eigenvalue weighted by Gasteiger charge is -2.16. The van der Waals surface area contributed by atoms with Crippen molar-refractivity contribution >= 4 is 35.5 Å². The minimum absolute atomic E-state index is 0.0567. The van der Waals surface area contributed by atoms with Gasteiger partial charge in [0.1, 0.15) is 0 Å². The standard InChI is InChI=1S/C18H21N5O2S/c19-23-13-7-5-12(6-8-13)9-20-10-14(24)3-1-2-4-16-17-15(11-26-16)21-18(25)22-17/h5-9,15-17H,1-4,10-11H2,(H-,21,22,25)/p+1/t15-,16-,17-/m0/s1. The lowest BCUT2D eigenvalue weighted by Crippen LogP contribution is -2.36. The number of ketones is 1. The van der Waals surface area contributed by atoms with Gasteiger partial charge in [-0.1, -0.05) is 6.42 Å². The average molecular weight is 372 g/mol. The third-order valence-corrected chi connectivity index (χ3v) is 6.16. The number of carbonyl (C=O) groups is 2. The fourth-order valence-corrected chi connectivity index (χ4v) is 4.81. The Hall–Kier alpha value is -2.40. The SMILES string of the molecule is N#[N+]c1ccc(C=NCC(=O)CCCC[C@@H]2SC[C@@H]3NC(=O)N[C@@H]32)cc1. The summed E-state index contributed by atoms with van der Waals surface area (Å²) in [6.07, 6.45) is 5.06. The van der Waals surface area contributed by atoms with Gasteiger partial charge in [-0.05, 0) is 30.5 Å². The van der Waals surface area contributed by atoms with Gasteiger partial charge in [0, 0.05) is 35.8 Å². The lowest BCUT2D eigenvalue weighted by atomic mass is 10.0. The minimum atomic E-state index is -0.0567. The van der Waals surface area contributed by atoms with E-state index >= 15 is 0 Å². The van der Waals surface area contributed by atoms with E-state index in [1.807, 2.05) is 11.8 Å². The smallest absolute Gasteiger partial charge is 0.332 e. The number of benzene rings is 1. The number of thioether (sulfide) groups is 1. The van der Waals surface area contributed by atoms with Crippen LogP contribution in [0.25, 0.3) is 4.98 Å². The first-order valence-corrected chi connectivity index (χ1v) is 9.86. The Bertz CT molecular complexity index is 728. The normalized spacial score (nSPS) is 24.1. The molecule has 8 heteroatoms. The first kappa shape index (κ1) is 18.4. The number of unbranched alkanes of at least 4 members (excludes halogenated alkanes) is 1. The molecule has 0 aromatic heterocycles. The summed E-state index contributed by atoms with van der Waals surface area (Å²) in [5, 5.41) is 15.0. The largest absolute Gasteiger partial charge is 0.385 e. The van der Waals surface area contributed by atoms with Crippen LogP contribution in [0.4, 0.5) is 10.5 Å². The third-order valence-electron chi connectivity index (χ3n) is 4.65. The molecule has 0 aliphatic carbocycles. The molecule has 26 heavy (non-hydrogen) atoms. The van der Waals surface area contributed by atoms with Gasteiger partial charge in [-0.25, -0.2) is 4.79 Å². The van der Waals surface area contributed by atoms with Crippen molar-refractivity contribution in [1.82, 2.24) is 10.6 Å². The van der Waals surface area contributed by atoms with Crippen molar-refractivity contribution in [2.24, 2.45) is 4.99 Å². The Morgan fingerprint density at radius 2 is 2.12 bits per heavy atom. The molecule has 0 radical (unpaired) electrons. The van der Waals surface area contributed by atoms with Crippen LogP contribution in [-0.2, 0) is 4.79 Å². The van der Waals surface area contributed by atoms with Crippen LogP contribution in [0.15, 0.2) is 29.3 Å². The quantitative estimate of drug-likeness (QED) is 0.317. The number of fused-ring (bicyclic) bond motifs is 1. The molecule has 2 saturated heterocycles. The van der Waals surface area contributed by atoms with Crippen LogP contribution in [0, 0.1) is 5.39 Å². The number of carbonyl (C=O) groups excluding carboxylic acids is 2. The number of hydrogen-bond acceptors (Lipinski definition) is 5. The van der Waals surface area contributed by atoms with Crippen LogP contribution < -0.4 is 10.6 Å². The van der Waals surface area contributed by atoms with Crippen molar-refractivity contribution in [2.45, 2.75) is 43.0 Å². The molecular weight excluding hydrogens is 350 g/mol. The lowest BCUT2D eigenvalue weighted by molar-refractivity contribution is -0.117. The van der Waals surface area contributed by atoms with Gasteiger partial charge in [-0.15, -0.1) is 0 Å². The molecule has 0 unspecified atom stereocenters. The summed E-state index contributed by atoms with van der Waals surface area (Å²) < 4.78 is 0. The maximum atomic E-state index is 11.9. The fourth-order valence-electron chi connectivity index (χ4n) is 3.27. The molecule has 3 atom stereocenters. The molecule has 2 aliphatic rings. The van der Waals surface area contributed by atoms with Gasteiger partial charge >= 0.3 is 11.7 Å². The molecule has 0 saturated carbocycles. The van der Waals surface area contributed by atoms with E-state index in [2.05, 4.69) is 20.6 Å². The Balaban J connectivity index is 1.31. The number of diazo groups is 1. The second-order valence-electron chi connectivity index (χ2n) is 6.57. The second kappa shape index (κ2) is 8.81. The molecule has 2 amide bonds. The molecular formula is C18H22N5O2S+. The van der Waals surface area contributed by atoms with E-state index in [0.717, 1.165) is 30.6 Å². The third kappa shape index (κ3) is 4.82. The van der Waals surface area contributed by atoms with Crippen molar-refractivity contribution in [2.75, 3.05) is 12.3 Å². The van der Waals surface area contributed by atoms with Crippen molar-refractivity contribution in [3.8, 4) is 0 Å². The molecule has 0 bridgehead atoms. The summed E-state index contributed by atoms with van der Waals surface area (Å²) in [5.41, 5.74) is 1.35. The second-order valence-corrected chi connectivity index (χ2v) is 7.84. The van der Waals surface area contributed by atoms with Gasteiger partial charge in [-0.2, -0.15) is 11.8 Å². The molecule has 2 heterocycles. The Morgan fingerprint density at radius 1 is 1.31 bits per heavy atom. The van der Waals surface area contributed by atoms with Gasteiger partial charge in [0.2, 0.25) is 5.39 Å². The number of Topliss-reactive ketones (excluding diaryl/α,β-unsaturated/α-hetero) is 1. The van der Waals surface area contributed by atoms with Crippen LogP contribution in [-0.4, -0.2) is 47.7 Å². The van der Waals surface area contributed by atoms with Gasteiger partial charge in [0.05, 0.1) is 18.6 Å². The highest BCUT2D eigenvalue weighted by Gasteiger charge is 2.42. The predicted octanol–water partition coefficient (Wildman–Crippen LogP) is 2.88. The zero-order valence-corrected chi connectivity index (χ0v) is 15.2. The van der Waals surface area contributed by atoms with Crippen LogP contribution in [0.5, 0.6) is 0 Å². The van der Waals surface area contributed by atoms with Crippen molar-refractivity contribution in [1.29, 1.82) is 5.39 Å². The maximum absolute atomic E-state index is 11.9. The highest BCUT2D eigenvalue weighted by Crippen LogP contribution is 2.33. The number of nitrogens with zero attached hydrogens (tertiary/aromatic N) is 3. The maximum Gasteiger partial charge on any atom is 0.385 e. The molecule has 2 aliphatic heterocycles. The zero-order valence-electron chi connectivity index (χ0n) is 14.4. The topological polar surface area (TPSA) is 98.7 Å². The molecule has 2 fully saturated rings. The molecule has 1 aromatic rings. The van der Waals surface area contributed by atoms with E-state index in [0.29, 0.717) is 17.4 Å². The summed E-state index contributed by atoms with van der Waals surface area (Å²) in [6.45, 7) is 0.189. The van der Waals surface area contributed by atoms with Crippen LogP contribution in [0.2, 0.25) is 0 Å². The number of aliphatic imine (C=N–C) groups is 1. The number of amides is 2. The molecule has 3 rings (SSSR count). The highest BCUT2D eigenvalue weighted by atomic mass is 32.2. The Kier molecular flexibility index (Phi) is 6.23. The minimum Gasteiger partial charge on any atom is -0.332 e. The van der Waals surface area contributed by atoms with E-state index in [1.54, 1.807) is 30.5 Å². The van der Waals surface area contributed by atoms with E-state index in [-0.39, 0.29) is 30.4 Å².